The van der Waals surface area contributed by atoms with Crippen LogP contribution < -0.4 is 14.9 Å². The molecule has 1 fully saturated rings. The molecule has 204 valence electrons. The molecule has 0 amide bonds. The molecule has 8 nitrogen and oxygen atoms in total. The van der Waals surface area contributed by atoms with Gasteiger partial charge in [-0.3, -0.25) is 4.72 Å². The van der Waals surface area contributed by atoms with Crippen molar-refractivity contribution in [2.45, 2.75) is 31.1 Å². The minimum absolute atomic E-state index is 0.0244. The summed E-state index contributed by atoms with van der Waals surface area (Å²) in [4.78, 5) is 16.1. The minimum atomic E-state index is -4.31. The molecule has 0 unspecified atom stereocenters. The van der Waals surface area contributed by atoms with Crippen LogP contribution in [0, 0.1) is 12.7 Å². The van der Waals surface area contributed by atoms with Crippen LogP contribution in [-0.4, -0.2) is 43.5 Å². The Balaban J connectivity index is 1.61. The first-order valence-electron chi connectivity index (χ1n) is 12.2. The first-order chi connectivity index (χ1) is 18.7. The van der Waals surface area contributed by atoms with Crippen molar-refractivity contribution in [3.8, 4) is 21.8 Å². The van der Waals surface area contributed by atoms with E-state index in [2.05, 4.69) is 24.9 Å². The molecule has 1 aliphatic rings. The highest BCUT2D eigenvalue weighted by Gasteiger charge is 2.27. The van der Waals surface area contributed by atoms with Crippen LogP contribution in [-0.2, 0) is 10.0 Å². The van der Waals surface area contributed by atoms with E-state index >= 15 is 4.39 Å². The van der Waals surface area contributed by atoms with E-state index in [0.29, 0.717) is 27.8 Å². The van der Waals surface area contributed by atoms with Gasteiger partial charge in [0.25, 0.3) is 10.0 Å². The van der Waals surface area contributed by atoms with Gasteiger partial charge >= 0.3 is 0 Å². The number of piperidine rings is 1. The van der Waals surface area contributed by atoms with Gasteiger partial charge in [0, 0.05) is 31.9 Å². The first kappa shape index (κ1) is 27.6. The van der Waals surface area contributed by atoms with Crippen molar-refractivity contribution < 1.29 is 12.8 Å². The van der Waals surface area contributed by atoms with Gasteiger partial charge < -0.3 is 10.2 Å². The molecule has 0 atom stereocenters. The largest absolute Gasteiger partial charge is 0.357 e. The number of halogens is 3. The van der Waals surface area contributed by atoms with Crippen LogP contribution in [0.4, 0.5) is 21.2 Å². The second kappa shape index (κ2) is 11.2. The fourth-order valence-electron chi connectivity index (χ4n) is 4.36. The van der Waals surface area contributed by atoms with E-state index in [4.69, 9.17) is 28.2 Å². The number of anilines is 3. The molecule has 0 aliphatic carbocycles. The lowest BCUT2D eigenvalue weighted by molar-refractivity contribution is 0.577. The molecule has 13 heteroatoms. The Bertz CT molecular complexity index is 1640. The van der Waals surface area contributed by atoms with E-state index < -0.39 is 15.8 Å². The highest BCUT2D eigenvalue weighted by Crippen LogP contribution is 2.42. The average molecular weight is 608 g/mol. The second-order valence-electron chi connectivity index (χ2n) is 9.02. The van der Waals surface area contributed by atoms with Crippen LogP contribution in [0.2, 0.25) is 10.0 Å². The lowest BCUT2D eigenvalue weighted by Crippen LogP contribution is -2.29. The summed E-state index contributed by atoms with van der Waals surface area (Å²) in [7, 11) is -2.59. The molecule has 2 N–H and O–H groups in total. The quantitative estimate of drug-likeness (QED) is 0.237. The number of benzene rings is 2. The maximum absolute atomic E-state index is 16.1. The summed E-state index contributed by atoms with van der Waals surface area (Å²) in [6, 6.07) is 9.27. The van der Waals surface area contributed by atoms with Crippen molar-refractivity contribution >= 4 is 61.3 Å². The fourth-order valence-corrected chi connectivity index (χ4v) is 7.71. The van der Waals surface area contributed by atoms with Crippen LogP contribution in [0.25, 0.3) is 21.8 Å². The maximum atomic E-state index is 16.1. The number of hydrogen-bond acceptors (Lipinski definition) is 8. The average Bonchev–Trinajstić information content (AvgIpc) is 3.38. The Kier molecular flexibility index (Phi) is 7.95. The molecule has 0 spiro atoms. The lowest BCUT2D eigenvalue weighted by Gasteiger charge is -2.25. The summed E-state index contributed by atoms with van der Waals surface area (Å²) in [5.74, 6) is -0.360. The second-order valence-corrected chi connectivity index (χ2v) is 12.4. The summed E-state index contributed by atoms with van der Waals surface area (Å²) in [5.41, 5.74) is 1.35. The third kappa shape index (κ3) is 5.54. The predicted molar refractivity (Wildman–Crippen MR) is 156 cm³/mol. The monoisotopic (exact) mass is 606 g/mol. The van der Waals surface area contributed by atoms with Crippen LogP contribution >= 0.6 is 34.5 Å². The molecule has 39 heavy (non-hydrogen) atoms. The normalized spacial score (nSPS) is 13.9. The summed E-state index contributed by atoms with van der Waals surface area (Å²) >= 11 is 13.9. The van der Waals surface area contributed by atoms with Crippen LogP contribution in [0.5, 0.6) is 0 Å². The van der Waals surface area contributed by atoms with Gasteiger partial charge in [-0.25, -0.2) is 27.8 Å². The zero-order valence-corrected chi connectivity index (χ0v) is 24.3. The van der Waals surface area contributed by atoms with E-state index in [9.17, 15) is 8.42 Å². The third-order valence-electron chi connectivity index (χ3n) is 6.36. The molecule has 0 bridgehead atoms. The molecule has 3 heterocycles. The molecular formula is C26H25Cl2FN6O2S2. The van der Waals surface area contributed by atoms with E-state index in [0.717, 1.165) is 37.5 Å². The van der Waals surface area contributed by atoms with Gasteiger partial charge in [0.2, 0.25) is 5.95 Å². The zero-order valence-electron chi connectivity index (χ0n) is 21.1. The van der Waals surface area contributed by atoms with E-state index in [-0.39, 0.29) is 26.2 Å². The summed E-state index contributed by atoms with van der Waals surface area (Å²) in [5, 5.41) is 3.59. The van der Waals surface area contributed by atoms with Gasteiger partial charge in [-0.15, -0.1) is 0 Å². The van der Waals surface area contributed by atoms with E-state index in [1.165, 1.54) is 23.5 Å². The highest BCUT2D eigenvalue weighted by atomic mass is 35.5. The maximum Gasteiger partial charge on any atom is 0.264 e. The van der Waals surface area contributed by atoms with Gasteiger partial charge in [0.1, 0.15) is 4.90 Å². The molecule has 1 saturated heterocycles. The standard InChI is InChI=1S/C26H25Cl2FN6O2S2/c1-15-9-10-17(27)24(20(15)28)39(36,37)34-18-8-6-7-16(21(18)29)22-23(19-11-12-31-25(30-2)32-19)38-26(33-22)35-13-4-3-5-14-35/h6-12,34H,3-5,13-14H2,1-2H3,(H,30,31,32). The van der Waals surface area contributed by atoms with Crippen molar-refractivity contribution in [1.29, 1.82) is 0 Å². The topological polar surface area (TPSA) is 100 Å². The molecule has 0 saturated carbocycles. The van der Waals surface area contributed by atoms with Crippen molar-refractivity contribution in [3.05, 3.63) is 64.0 Å². The summed E-state index contributed by atoms with van der Waals surface area (Å²) < 4.78 is 45.0. The number of hydrogen-bond donors (Lipinski definition) is 2. The number of rotatable bonds is 7. The van der Waals surface area contributed by atoms with Crippen molar-refractivity contribution in [2.75, 3.05) is 35.1 Å². The van der Waals surface area contributed by atoms with Gasteiger partial charge in [0.05, 0.1) is 32.0 Å². The SMILES string of the molecule is CNc1nccc(-c2sc(N3CCCCC3)nc2-c2cccc(NS(=O)(=O)c3c(Cl)ccc(C)c3Cl)c2F)n1. The Morgan fingerprint density at radius 1 is 1.05 bits per heavy atom. The molecule has 2 aromatic heterocycles. The molecule has 4 aromatic rings. The van der Waals surface area contributed by atoms with Gasteiger partial charge in [-0.2, -0.15) is 0 Å². The van der Waals surface area contributed by atoms with Gasteiger partial charge in [-0.05, 0) is 56.0 Å². The molecule has 2 aromatic carbocycles. The van der Waals surface area contributed by atoms with Crippen LogP contribution in [0.1, 0.15) is 24.8 Å². The summed E-state index contributed by atoms with van der Waals surface area (Å²) in [6.07, 6.45) is 4.88. The molecule has 1 aliphatic heterocycles. The van der Waals surface area contributed by atoms with Gasteiger partial charge in [-0.1, -0.05) is 46.7 Å². The Hall–Kier alpha value is -2.99. The van der Waals surface area contributed by atoms with Crippen LogP contribution in [0.3, 0.4) is 0 Å². The highest BCUT2D eigenvalue weighted by molar-refractivity contribution is 7.93. The minimum Gasteiger partial charge on any atom is -0.357 e. The van der Waals surface area contributed by atoms with E-state index in [1.54, 1.807) is 44.4 Å². The number of thiazole rings is 1. The van der Waals surface area contributed by atoms with Gasteiger partial charge in [0.15, 0.2) is 10.9 Å². The zero-order chi connectivity index (χ0) is 27.7. The molecule has 0 radical (unpaired) electrons. The number of nitrogens with zero attached hydrogens (tertiary/aromatic N) is 4. The van der Waals surface area contributed by atoms with Crippen molar-refractivity contribution in [2.24, 2.45) is 0 Å². The number of aryl methyl sites for hydroxylation is 1. The lowest BCUT2D eigenvalue weighted by atomic mass is 10.1. The molecular weight excluding hydrogens is 582 g/mol. The third-order valence-corrected chi connectivity index (χ3v) is 9.98. The smallest absolute Gasteiger partial charge is 0.264 e. The number of sulfonamides is 1. The summed E-state index contributed by atoms with van der Waals surface area (Å²) in [6.45, 7) is 3.38. The Morgan fingerprint density at radius 2 is 1.82 bits per heavy atom. The van der Waals surface area contributed by atoms with Crippen molar-refractivity contribution in [1.82, 2.24) is 15.0 Å². The van der Waals surface area contributed by atoms with Crippen LogP contribution in [0.15, 0.2) is 47.5 Å². The first-order valence-corrected chi connectivity index (χ1v) is 15.3. The Labute approximate surface area is 240 Å². The predicted octanol–water partition coefficient (Wildman–Crippen LogP) is 6.85. The van der Waals surface area contributed by atoms with E-state index in [1.807, 2.05) is 0 Å². The van der Waals surface area contributed by atoms with Crippen molar-refractivity contribution in [3.63, 3.8) is 0 Å². The number of nitrogens with one attached hydrogen (secondary N) is 2. The fraction of sp³-hybridized carbons (Fsp3) is 0.269. The number of aromatic nitrogens is 3. The Morgan fingerprint density at radius 3 is 2.56 bits per heavy atom. The molecule has 5 rings (SSSR count).